The summed E-state index contributed by atoms with van der Waals surface area (Å²) in [7, 11) is 1.71. The summed E-state index contributed by atoms with van der Waals surface area (Å²) < 4.78 is 20.6. The van der Waals surface area contributed by atoms with Gasteiger partial charge in [-0.25, -0.2) is 9.18 Å². The van der Waals surface area contributed by atoms with E-state index < -0.39 is 5.54 Å². The number of nitrogens with zero attached hydrogens (tertiary/aromatic N) is 5. The molecular formula is C44H54Cl2FN5O3. The molecule has 1 atom stereocenters. The van der Waals surface area contributed by atoms with Crippen LogP contribution in [-0.4, -0.2) is 69.7 Å². The van der Waals surface area contributed by atoms with Crippen molar-refractivity contribution in [1.29, 1.82) is 0 Å². The fourth-order valence-corrected chi connectivity index (χ4v) is 7.20. The van der Waals surface area contributed by atoms with Crippen LogP contribution in [0.25, 0.3) is 0 Å². The van der Waals surface area contributed by atoms with Gasteiger partial charge in [-0.2, -0.15) is 0 Å². The van der Waals surface area contributed by atoms with Gasteiger partial charge in [-0.05, 0) is 75.8 Å². The quantitative estimate of drug-likeness (QED) is 0.143. The number of aromatic nitrogens is 1. The first kappa shape index (κ1) is 41.9. The van der Waals surface area contributed by atoms with Crippen LogP contribution in [0.1, 0.15) is 89.6 Å². The molecule has 1 fully saturated rings. The first-order valence-corrected chi connectivity index (χ1v) is 19.9. The summed E-state index contributed by atoms with van der Waals surface area (Å²) >= 11 is 12.6. The first-order valence-electron chi connectivity index (χ1n) is 19.1. The Bertz CT molecular complexity index is 1910. The SMILES string of the molecule is CCOc1cc(C(C)(C)C)ncc1C(=NC(C)(C)C1C=CC(Cl)=CC1)N(Cc1ccc(Cl)cc1)C(=O)N1CCC(CC(=O)N(C)Cc2ccccc2F)CC1. The first-order chi connectivity index (χ1) is 26.0. The molecule has 1 unspecified atom stereocenters. The van der Waals surface area contributed by atoms with E-state index in [4.69, 9.17) is 37.9 Å². The molecule has 0 saturated carbocycles. The molecule has 2 aliphatic rings. The van der Waals surface area contributed by atoms with Gasteiger partial charge in [0.05, 0.1) is 24.3 Å². The van der Waals surface area contributed by atoms with Gasteiger partial charge in [0.25, 0.3) is 0 Å². The third-order valence-corrected chi connectivity index (χ3v) is 10.9. The molecule has 0 spiro atoms. The molecule has 3 amide bonds. The highest BCUT2D eigenvalue weighted by Crippen LogP contribution is 2.35. The molecule has 2 heterocycles. The van der Waals surface area contributed by atoms with Crippen molar-refractivity contribution in [2.45, 2.75) is 91.3 Å². The number of piperidine rings is 1. The molecule has 0 bridgehead atoms. The lowest BCUT2D eigenvalue weighted by Crippen LogP contribution is -2.50. The predicted molar refractivity (Wildman–Crippen MR) is 220 cm³/mol. The fourth-order valence-electron chi connectivity index (χ4n) is 6.91. The van der Waals surface area contributed by atoms with Gasteiger partial charge in [0.15, 0.2) is 0 Å². The number of urea groups is 1. The summed E-state index contributed by atoms with van der Waals surface area (Å²) in [6.45, 7) is 14.2. The highest BCUT2D eigenvalue weighted by Gasteiger charge is 2.36. The largest absolute Gasteiger partial charge is 0.493 e. The van der Waals surface area contributed by atoms with Crippen LogP contribution in [0.3, 0.4) is 0 Å². The number of carbonyl (C=O) groups is 2. The molecule has 1 aliphatic heterocycles. The van der Waals surface area contributed by atoms with Crippen molar-refractivity contribution in [2.75, 3.05) is 26.7 Å². The zero-order valence-corrected chi connectivity index (χ0v) is 34.6. The van der Waals surface area contributed by atoms with E-state index in [1.165, 1.54) is 6.07 Å². The maximum atomic E-state index is 15.0. The molecule has 3 aromatic rings. The number of rotatable bonds is 11. The van der Waals surface area contributed by atoms with E-state index in [1.54, 1.807) is 41.2 Å². The lowest BCUT2D eigenvalue weighted by molar-refractivity contribution is -0.131. The molecule has 5 rings (SSSR count). The molecule has 2 aromatic carbocycles. The molecule has 11 heteroatoms. The van der Waals surface area contributed by atoms with Crippen molar-refractivity contribution >= 4 is 41.0 Å². The van der Waals surface area contributed by atoms with Gasteiger partial charge >= 0.3 is 6.03 Å². The molecule has 0 N–H and O–H groups in total. The van der Waals surface area contributed by atoms with Crippen LogP contribution in [-0.2, 0) is 23.3 Å². The van der Waals surface area contributed by atoms with Crippen LogP contribution in [0.2, 0.25) is 5.02 Å². The van der Waals surface area contributed by atoms with Crippen molar-refractivity contribution in [2.24, 2.45) is 16.8 Å². The van der Waals surface area contributed by atoms with Gasteiger partial charge < -0.3 is 14.5 Å². The van der Waals surface area contributed by atoms with E-state index in [0.717, 1.165) is 11.3 Å². The summed E-state index contributed by atoms with van der Waals surface area (Å²) in [5, 5.41) is 1.29. The summed E-state index contributed by atoms with van der Waals surface area (Å²) in [4.78, 5) is 43.7. The number of likely N-dealkylation sites (tertiary alicyclic amines) is 1. The van der Waals surface area contributed by atoms with Gasteiger partial charge in [-0.1, -0.05) is 86.5 Å². The molecule has 1 aromatic heterocycles. The molecular weight excluding hydrogens is 736 g/mol. The van der Waals surface area contributed by atoms with Crippen molar-refractivity contribution in [3.05, 3.63) is 117 Å². The van der Waals surface area contributed by atoms with Gasteiger partial charge in [0.1, 0.15) is 17.4 Å². The minimum absolute atomic E-state index is 0.0135. The minimum Gasteiger partial charge on any atom is -0.493 e. The zero-order valence-electron chi connectivity index (χ0n) is 33.1. The van der Waals surface area contributed by atoms with Crippen molar-refractivity contribution in [3.8, 4) is 5.75 Å². The Morgan fingerprint density at radius 1 is 1.02 bits per heavy atom. The van der Waals surface area contributed by atoms with Crippen LogP contribution < -0.4 is 4.74 Å². The van der Waals surface area contributed by atoms with Gasteiger partial charge in [-0.3, -0.25) is 19.7 Å². The van der Waals surface area contributed by atoms with Crippen molar-refractivity contribution in [1.82, 2.24) is 19.7 Å². The number of ether oxygens (including phenoxy) is 1. The monoisotopic (exact) mass is 789 g/mol. The zero-order chi connectivity index (χ0) is 39.9. The number of allylic oxidation sites excluding steroid dienone is 3. The summed E-state index contributed by atoms with van der Waals surface area (Å²) in [6, 6.07) is 15.8. The minimum atomic E-state index is -0.660. The second kappa shape index (κ2) is 18.2. The molecule has 1 saturated heterocycles. The summed E-state index contributed by atoms with van der Waals surface area (Å²) in [6.07, 6.45) is 10.1. The van der Waals surface area contributed by atoms with E-state index in [0.29, 0.717) is 78.1 Å². The highest BCUT2D eigenvalue weighted by molar-refractivity contribution is 6.31. The number of amides is 3. The van der Waals surface area contributed by atoms with E-state index in [9.17, 15) is 14.0 Å². The van der Waals surface area contributed by atoms with E-state index in [-0.39, 0.29) is 48.1 Å². The topological polar surface area (TPSA) is 78.3 Å². The average Bonchev–Trinajstić information content (AvgIpc) is 3.14. The third kappa shape index (κ3) is 11.0. The van der Waals surface area contributed by atoms with Crippen LogP contribution in [0, 0.1) is 17.7 Å². The third-order valence-electron chi connectivity index (χ3n) is 10.4. The fraction of sp³-hybridized carbons (Fsp3) is 0.455. The Hall–Kier alpha value is -4.21. The Balaban J connectivity index is 1.48. The Morgan fingerprint density at radius 2 is 1.71 bits per heavy atom. The molecule has 8 nitrogen and oxygen atoms in total. The number of aliphatic imine (C=N–C) groups is 1. The standard InChI is InChI=1S/C44H54Cl2FN5O3/c1-8-55-38-26-39(43(2,3)4)48-27-36(38)41(49-44(5,6)33-15-19-35(46)20-16-33)52(28-31-13-17-34(45)18-14-31)42(54)51-23-21-30(22-24-51)25-40(53)50(7)29-32-11-9-10-12-37(32)47/h9-15,17-20,26-27,30,33H,8,16,21-25,28-29H2,1-7H3. The number of amidine groups is 1. The lowest BCUT2D eigenvalue weighted by Gasteiger charge is -2.38. The Kier molecular flexibility index (Phi) is 13.8. The number of pyridine rings is 1. The second-order valence-electron chi connectivity index (χ2n) is 16.1. The highest BCUT2D eigenvalue weighted by atomic mass is 35.5. The lowest BCUT2D eigenvalue weighted by atomic mass is 9.83. The Morgan fingerprint density at radius 3 is 2.33 bits per heavy atom. The average molecular weight is 791 g/mol. The molecule has 1 aliphatic carbocycles. The summed E-state index contributed by atoms with van der Waals surface area (Å²) in [5.41, 5.74) is 1.95. The molecule has 0 radical (unpaired) electrons. The van der Waals surface area contributed by atoms with E-state index in [2.05, 4.69) is 40.7 Å². The molecule has 294 valence electrons. The van der Waals surface area contributed by atoms with Crippen LogP contribution >= 0.6 is 23.2 Å². The number of carbonyl (C=O) groups excluding carboxylic acids is 2. The Labute approximate surface area is 336 Å². The van der Waals surface area contributed by atoms with Gasteiger partial charge in [-0.15, -0.1) is 0 Å². The maximum absolute atomic E-state index is 15.0. The second-order valence-corrected chi connectivity index (χ2v) is 17.0. The van der Waals surface area contributed by atoms with Crippen molar-refractivity contribution in [3.63, 3.8) is 0 Å². The van der Waals surface area contributed by atoms with Crippen LogP contribution in [0.15, 0.2) is 89.0 Å². The normalized spacial score (nSPS) is 16.8. The van der Waals surface area contributed by atoms with Crippen LogP contribution in [0.4, 0.5) is 9.18 Å². The van der Waals surface area contributed by atoms with E-state index in [1.807, 2.05) is 54.3 Å². The van der Waals surface area contributed by atoms with Crippen molar-refractivity contribution < 1.29 is 18.7 Å². The van der Waals surface area contributed by atoms with Crippen LogP contribution in [0.5, 0.6) is 5.75 Å². The molecule has 55 heavy (non-hydrogen) atoms. The number of hydrogen-bond donors (Lipinski definition) is 0. The number of hydrogen-bond acceptors (Lipinski definition) is 5. The predicted octanol–water partition coefficient (Wildman–Crippen LogP) is 10.2. The van der Waals surface area contributed by atoms with Gasteiger partial charge in [0.2, 0.25) is 5.91 Å². The van der Waals surface area contributed by atoms with E-state index >= 15 is 0 Å². The number of halogens is 3. The maximum Gasteiger partial charge on any atom is 0.325 e. The summed E-state index contributed by atoms with van der Waals surface area (Å²) in [5.74, 6) is 0.797. The number of benzene rings is 2. The van der Waals surface area contributed by atoms with Gasteiger partial charge in [0, 0.05) is 78.0 Å². The smallest absolute Gasteiger partial charge is 0.325 e.